The summed E-state index contributed by atoms with van der Waals surface area (Å²) in [7, 11) is 1.33. The molecule has 0 bridgehead atoms. The Kier molecular flexibility index (Phi) is 3.85. The maximum absolute atomic E-state index is 12.0. The number of esters is 1. The Morgan fingerprint density at radius 3 is 2.89 bits per heavy atom. The van der Waals surface area contributed by atoms with E-state index in [-0.39, 0.29) is 24.3 Å². The van der Waals surface area contributed by atoms with Gasteiger partial charge in [-0.1, -0.05) is 0 Å². The zero-order chi connectivity index (χ0) is 13.8. The van der Waals surface area contributed by atoms with Gasteiger partial charge in [-0.2, -0.15) is 0 Å². The van der Waals surface area contributed by atoms with Crippen LogP contribution in [0.15, 0.2) is 30.5 Å². The average Bonchev–Trinajstić information content (AvgIpc) is 2.85. The predicted molar refractivity (Wildman–Crippen MR) is 71.9 cm³/mol. The lowest BCUT2D eigenvalue weighted by molar-refractivity contribution is -0.141. The molecule has 0 spiro atoms. The number of aromatic nitrogens is 1. The van der Waals surface area contributed by atoms with E-state index in [1.807, 2.05) is 24.4 Å². The molecule has 1 heterocycles. The Morgan fingerprint density at radius 1 is 1.37 bits per heavy atom. The molecule has 1 aromatic carbocycles. The fourth-order valence-corrected chi connectivity index (χ4v) is 1.89. The molecule has 2 rings (SSSR count). The molecule has 2 N–H and O–H groups in total. The minimum atomic E-state index is -0.339. The zero-order valence-corrected chi connectivity index (χ0v) is 10.9. The van der Waals surface area contributed by atoms with Gasteiger partial charge in [0.25, 0.3) is 5.91 Å². The van der Waals surface area contributed by atoms with Crippen LogP contribution in [0.1, 0.15) is 23.7 Å². The Balaban J connectivity index is 2.04. The molecule has 0 radical (unpaired) electrons. The molecule has 0 aliphatic rings. The fourth-order valence-electron chi connectivity index (χ4n) is 1.89. The summed E-state index contributed by atoms with van der Waals surface area (Å²) in [5.74, 6) is -0.534. The van der Waals surface area contributed by atoms with Gasteiger partial charge in [-0.15, -0.1) is 0 Å². The number of benzene rings is 1. The van der Waals surface area contributed by atoms with Gasteiger partial charge in [0.1, 0.15) is 0 Å². The van der Waals surface area contributed by atoms with Gasteiger partial charge in [0.05, 0.1) is 13.5 Å². The molecule has 5 nitrogen and oxygen atoms in total. The van der Waals surface area contributed by atoms with Crippen LogP contribution in [0.3, 0.4) is 0 Å². The van der Waals surface area contributed by atoms with Gasteiger partial charge in [-0.25, -0.2) is 0 Å². The Labute approximate surface area is 110 Å². The van der Waals surface area contributed by atoms with Crippen LogP contribution in [-0.2, 0) is 9.53 Å². The van der Waals surface area contributed by atoms with Crippen LogP contribution in [-0.4, -0.2) is 30.0 Å². The molecule has 5 heteroatoms. The summed E-state index contributed by atoms with van der Waals surface area (Å²) in [5.41, 5.74) is 1.56. The van der Waals surface area contributed by atoms with Crippen molar-refractivity contribution in [2.24, 2.45) is 0 Å². The third-order valence-electron chi connectivity index (χ3n) is 2.89. The van der Waals surface area contributed by atoms with Crippen molar-refractivity contribution in [2.75, 3.05) is 7.11 Å². The van der Waals surface area contributed by atoms with Crippen LogP contribution in [0.2, 0.25) is 0 Å². The lowest BCUT2D eigenvalue weighted by Gasteiger charge is -2.12. The lowest BCUT2D eigenvalue weighted by Crippen LogP contribution is -2.34. The van der Waals surface area contributed by atoms with Crippen molar-refractivity contribution in [3.05, 3.63) is 36.0 Å². The number of fused-ring (bicyclic) bond motifs is 1. The third kappa shape index (κ3) is 3.13. The van der Waals surface area contributed by atoms with Crippen molar-refractivity contribution in [2.45, 2.75) is 19.4 Å². The van der Waals surface area contributed by atoms with E-state index >= 15 is 0 Å². The van der Waals surface area contributed by atoms with E-state index < -0.39 is 0 Å². The molecule has 0 aliphatic heterocycles. The van der Waals surface area contributed by atoms with Gasteiger partial charge >= 0.3 is 5.97 Å². The number of hydrogen-bond acceptors (Lipinski definition) is 3. The minimum Gasteiger partial charge on any atom is -0.469 e. The normalized spacial score (nSPS) is 12.1. The number of amides is 1. The van der Waals surface area contributed by atoms with Crippen LogP contribution in [0.4, 0.5) is 0 Å². The van der Waals surface area contributed by atoms with Crippen LogP contribution in [0.5, 0.6) is 0 Å². The van der Waals surface area contributed by atoms with Gasteiger partial charge < -0.3 is 15.0 Å². The number of rotatable bonds is 4. The highest BCUT2D eigenvalue weighted by atomic mass is 16.5. The number of carbonyl (C=O) groups is 2. The monoisotopic (exact) mass is 260 g/mol. The topological polar surface area (TPSA) is 71.2 Å². The largest absolute Gasteiger partial charge is 0.469 e. The number of H-pyrrole nitrogens is 1. The number of aromatic amines is 1. The molecule has 1 atom stereocenters. The van der Waals surface area contributed by atoms with E-state index in [1.54, 1.807) is 13.0 Å². The quantitative estimate of drug-likeness (QED) is 0.824. The number of nitrogens with one attached hydrogen (secondary N) is 2. The van der Waals surface area contributed by atoms with Crippen LogP contribution >= 0.6 is 0 Å². The van der Waals surface area contributed by atoms with Gasteiger partial charge in [-0.05, 0) is 31.2 Å². The maximum Gasteiger partial charge on any atom is 0.307 e. The molecule has 0 aliphatic carbocycles. The molecule has 0 fully saturated rings. The van der Waals surface area contributed by atoms with Gasteiger partial charge in [-0.3, -0.25) is 9.59 Å². The van der Waals surface area contributed by atoms with Gasteiger partial charge in [0.2, 0.25) is 0 Å². The van der Waals surface area contributed by atoms with Crippen molar-refractivity contribution >= 4 is 22.8 Å². The number of methoxy groups -OCH3 is 1. The molecular formula is C14H16N2O3. The molecule has 1 amide bonds. The van der Waals surface area contributed by atoms with Crippen LogP contribution in [0.25, 0.3) is 10.9 Å². The SMILES string of the molecule is COC(=O)CC(C)NC(=O)c1ccc2[nH]ccc2c1. The number of carbonyl (C=O) groups excluding carboxylic acids is 2. The minimum absolute atomic E-state index is 0.161. The molecule has 0 saturated heterocycles. The van der Waals surface area contributed by atoms with E-state index in [1.165, 1.54) is 7.11 Å². The van der Waals surface area contributed by atoms with Gasteiger partial charge in [0.15, 0.2) is 0 Å². The molecule has 100 valence electrons. The van der Waals surface area contributed by atoms with E-state index in [9.17, 15) is 9.59 Å². The highest BCUT2D eigenvalue weighted by molar-refractivity contribution is 5.98. The first-order valence-corrected chi connectivity index (χ1v) is 6.05. The number of hydrogen-bond donors (Lipinski definition) is 2. The summed E-state index contributed by atoms with van der Waals surface area (Å²) in [6.45, 7) is 1.77. The summed E-state index contributed by atoms with van der Waals surface area (Å²) in [5, 5.41) is 3.75. The Bertz CT molecular complexity index is 604. The summed E-state index contributed by atoms with van der Waals surface area (Å²) in [6.07, 6.45) is 1.99. The standard InChI is InChI=1S/C14H16N2O3/c1-9(7-13(17)19-2)16-14(18)11-3-4-12-10(8-11)5-6-15-12/h3-6,8-9,15H,7H2,1-2H3,(H,16,18). The molecule has 0 saturated carbocycles. The van der Waals surface area contributed by atoms with E-state index in [0.717, 1.165) is 10.9 Å². The first-order chi connectivity index (χ1) is 9.10. The van der Waals surface area contributed by atoms with E-state index in [4.69, 9.17) is 0 Å². The highest BCUT2D eigenvalue weighted by Crippen LogP contribution is 2.14. The van der Waals surface area contributed by atoms with Crippen LogP contribution in [0, 0.1) is 0 Å². The second-order valence-corrected chi connectivity index (χ2v) is 4.43. The van der Waals surface area contributed by atoms with Crippen molar-refractivity contribution in [3.63, 3.8) is 0 Å². The first-order valence-electron chi connectivity index (χ1n) is 6.05. The Morgan fingerprint density at radius 2 is 2.16 bits per heavy atom. The van der Waals surface area contributed by atoms with E-state index in [0.29, 0.717) is 5.56 Å². The average molecular weight is 260 g/mol. The fraction of sp³-hybridized carbons (Fsp3) is 0.286. The molecule has 2 aromatic rings. The number of ether oxygens (including phenoxy) is 1. The van der Waals surface area contributed by atoms with E-state index in [2.05, 4.69) is 15.0 Å². The van der Waals surface area contributed by atoms with Crippen molar-refractivity contribution in [3.8, 4) is 0 Å². The summed E-state index contributed by atoms with van der Waals surface area (Å²) < 4.78 is 4.56. The van der Waals surface area contributed by atoms with Crippen molar-refractivity contribution < 1.29 is 14.3 Å². The molecule has 1 unspecified atom stereocenters. The van der Waals surface area contributed by atoms with Crippen molar-refractivity contribution in [1.29, 1.82) is 0 Å². The smallest absolute Gasteiger partial charge is 0.307 e. The first kappa shape index (κ1) is 13.1. The highest BCUT2D eigenvalue weighted by Gasteiger charge is 2.13. The maximum atomic E-state index is 12.0. The van der Waals surface area contributed by atoms with Crippen LogP contribution < -0.4 is 5.32 Å². The summed E-state index contributed by atoms with van der Waals surface area (Å²) in [4.78, 5) is 26.2. The molecular weight excluding hydrogens is 244 g/mol. The zero-order valence-electron chi connectivity index (χ0n) is 10.9. The predicted octanol–water partition coefficient (Wildman–Crippen LogP) is 1.85. The molecule has 1 aromatic heterocycles. The lowest BCUT2D eigenvalue weighted by atomic mass is 10.1. The van der Waals surface area contributed by atoms with Gasteiger partial charge in [0, 0.05) is 28.7 Å². The summed E-state index contributed by atoms with van der Waals surface area (Å²) >= 11 is 0. The second-order valence-electron chi connectivity index (χ2n) is 4.43. The summed E-state index contributed by atoms with van der Waals surface area (Å²) in [6, 6.07) is 7.06. The second kappa shape index (κ2) is 5.56. The van der Waals surface area contributed by atoms with Crippen molar-refractivity contribution in [1.82, 2.24) is 10.3 Å². The Hall–Kier alpha value is -2.30. The third-order valence-corrected chi connectivity index (χ3v) is 2.89. The molecule has 19 heavy (non-hydrogen) atoms.